The summed E-state index contributed by atoms with van der Waals surface area (Å²) >= 11 is 0. The third-order valence-electron chi connectivity index (χ3n) is 6.32. The van der Waals surface area contributed by atoms with Crippen molar-refractivity contribution < 1.29 is 9.59 Å². The molecule has 3 atom stereocenters. The number of rotatable bonds is 5. The van der Waals surface area contributed by atoms with Crippen LogP contribution in [-0.2, 0) is 9.59 Å². The first kappa shape index (κ1) is 19.6. The van der Waals surface area contributed by atoms with Gasteiger partial charge >= 0.3 is 0 Å². The Kier molecular flexibility index (Phi) is 7.32. The van der Waals surface area contributed by atoms with Crippen LogP contribution < -0.4 is 10.6 Å². The second-order valence-corrected chi connectivity index (χ2v) is 8.31. The molecule has 2 amide bonds. The van der Waals surface area contributed by atoms with Gasteiger partial charge in [-0.25, -0.2) is 0 Å². The number of carbonyl (C=O) groups excluding carboxylic acids is 2. The first-order chi connectivity index (χ1) is 12.6. The minimum Gasteiger partial charge on any atom is -0.354 e. The van der Waals surface area contributed by atoms with E-state index in [1.807, 2.05) is 0 Å². The van der Waals surface area contributed by atoms with E-state index in [4.69, 9.17) is 0 Å². The fourth-order valence-electron chi connectivity index (χ4n) is 4.60. The third kappa shape index (κ3) is 5.19. The molecule has 3 aliphatic heterocycles. The molecular weight excluding hydrogens is 328 g/mol. The summed E-state index contributed by atoms with van der Waals surface area (Å²) in [6.45, 7) is 7.50. The Morgan fingerprint density at radius 3 is 2.50 bits per heavy atom. The zero-order valence-electron chi connectivity index (χ0n) is 16.3. The van der Waals surface area contributed by atoms with Crippen molar-refractivity contribution in [3.05, 3.63) is 0 Å². The zero-order valence-corrected chi connectivity index (χ0v) is 16.3. The first-order valence-electron chi connectivity index (χ1n) is 10.7. The quantitative estimate of drug-likeness (QED) is 0.773. The molecule has 3 aliphatic rings. The number of likely N-dealkylation sites (tertiary alicyclic amines) is 2. The average Bonchev–Trinajstić information content (AvgIpc) is 3.08. The van der Waals surface area contributed by atoms with Crippen molar-refractivity contribution in [3.63, 3.8) is 0 Å². The minimum absolute atomic E-state index is 0.00164. The van der Waals surface area contributed by atoms with Gasteiger partial charge in [-0.1, -0.05) is 12.8 Å². The van der Waals surface area contributed by atoms with Crippen LogP contribution in [0.5, 0.6) is 0 Å². The number of nitrogens with zero attached hydrogens (tertiary/aromatic N) is 2. The molecule has 0 saturated carbocycles. The topological polar surface area (TPSA) is 64.7 Å². The molecule has 0 aliphatic carbocycles. The molecule has 3 rings (SSSR count). The van der Waals surface area contributed by atoms with Gasteiger partial charge in [0.1, 0.15) is 0 Å². The standard InChI is InChI=1S/C20H36N4O2/c1-16(20(26)23-11-4-2-3-5-12-23)24-13-7-8-17(15-24)14-22-19(25)18-9-6-10-21-18/h16-18,21H,2-15H2,1H3,(H,22,25). The fourth-order valence-corrected chi connectivity index (χ4v) is 4.60. The second-order valence-electron chi connectivity index (χ2n) is 8.31. The summed E-state index contributed by atoms with van der Waals surface area (Å²) in [5.41, 5.74) is 0. The first-order valence-corrected chi connectivity index (χ1v) is 10.7. The molecule has 2 N–H and O–H groups in total. The van der Waals surface area contributed by atoms with E-state index in [0.29, 0.717) is 11.8 Å². The highest BCUT2D eigenvalue weighted by molar-refractivity contribution is 5.82. The lowest BCUT2D eigenvalue weighted by atomic mass is 9.96. The van der Waals surface area contributed by atoms with E-state index in [1.165, 1.54) is 12.8 Å². The summed E-state index contributed by atoms with van der Waals surface area (Å²) in [5.74, 6) is 0.897. The van der Waals surface area contributed by atoms with Gasteiger partial charge in [0.2, 0.25) is 11.8 Å². The molecule has 3 fully saturated rings. The van der Waals surface area contributed by atoms with Gasteiger partial charge in [0.15, 0.2) is 0 Å². The molecule has 0 spiro atoms. The maximum Gasteiger partial charge on any atom is 0.239 e. The van der Waals surface area contributed by atoms with Gasteiger partial charge < -0.3 is 15.5 Å². The highest BCUT2D eigenvalue weighted by Gasteiger charge is 2.31. The van der Waals surface area contributed by atoms with Crippen molar-refractivity contribution >= 4 is 11.8 Å². The summed E-state index contributed by atoms with van der Waals surface area (Å²) in [7, 11) is 0. The van der Waals surface area contributed by atoms with Gasteiger partial charge in [-0.3, -0.25) is 14.5 Å². The van der Waals surface area contributed by atoms with Gasteiger partial charge in [-0.05, 0) is 64.5 Å². The summed E-state index contributed by atoms with van der Waals surface area (Å²) in [6.07, 6.45) is 9.07. The Labute approximate surface area is 158 Å². The maximum absolute atomic E-state index is 12.9. The van der Waals surface area contributed by atoms with Crippen molar-refractivity contribution in [1.82, 2.24) is 20.4 Å². The molecule has 0 aromatic carbocycles. The van der Waals surface area contributed by atoms with E-state index in [2.05, 4.69) is 27.4 Å². The molecular formula is C20H36N4O2. The van der Waals surface area contributed by atoms with Crippen LogP contribution in [0.3, 0.4) is 0 Å². The van der Waals surface area contributed by atoms with Crippen LogP contribution in [0, 0.1) is 5.92 Å². The lowest BCUT2D eigenvalue weighted by molar-refractivity contribution is -0.137. The zero-order chi connectivity index (χ0) is 18.4. The van der Waals surface area contributed by atoms with Crippen molar-refractivity contribution in [2.45, 2.75) is 70.4 Å². The monoisotopic (exact) mass is 364 g/mol. The second kappa shape index (κ2) is 9.70. The van der Waals surface area contributed by atoms with Crippen LogP contribution in [0.1, 0.15) is 58.3 Å². The highest BCUT2D eigenvalue weighted by atomic mass is 16.2. The Morgan fingerprint density at radius 1 is 1.04 bits per heavy atom. The molecule has 148 valence electrons. The lowest BCUT2D eigenvalue weighted by Gasteiger charge is -2.38. The smallest absolute Gasteiger partial charge is 0.239 e. The van der Waals surface area contributed by atoms with Gasteiger partial charge in [-0.15, -0.1) is 0 Å². The third-order valence-corrected chi connectivity index (χ3v) is 6.32. The Morgan fingerprint density at radius 2 is 1.81 bits per heavy atom. The number of carbonyl (C=O) groups is 2. The van der Waals surface area contributed by atoms with Crippen molar-refractivity contribution in [2.75, 3.05) is 39.3 Å². The van der Waals surface area contributed by atoms with E-state index < -0.39 is 0 Å². The van der Waals surface area contributed by atoms with Crippen LogP contribution in [0.25, 0.3) is 0 Å². The van der Waals surface area contributed by atoms with E-state index in [0.717, 1.165) is 77.8 Å². The number of hydrogen-bond donors (Lipinski definition) is 2. The van der Waals surface area contributed by atoms with Crippen molar-refractivity contribution in [2.24, 2.45) is 5.92 Å². The summed E-state index contributed by atoms with van der Waals surface area (Å²) in [4.78, 5) is 29.5. The molecule has 26 heavy (non-hydrogen) atoms. The molecule has 0 aromatic rings. The SMILES string of the molecule is CC(C(=O)N1CCCCCC1)N1CCCC(CNC(=O)C2CCCN2)C1. The van der Waals surface area contributed by atoms with Gasteiger partial charge in [0, 0.05) is 26.2 Å². The minimum atomic E-state index is -0.0388. The predicted molar refractivity (Wildman–Crippen MR) is 103 cm³/mol. The van der Waals surface area contributed by atoms with Crippen molar-refractivity contribution in [1.29, 1.82) is 0 Å². The van der Waals surface area contributed by atoms with Crippen molar-refractivity contribution in [3.8, 4) is 0 Å². The van der Waals surface area contributed by atoms with Crippen LogP contribution in [0.15, 0.2) is 0 Å². The van der Waals surface area contributed by atoms with E-state index in [-0.39, 0.29) is 18.0 Å². The van der Waals surface area contributed by atoms with Gasteiger partial charge in [-0.2, -0.15) is 0 Å². The Bertz CT molecular complexity index is 470. The van der Waals surface area contributed by atoms with E-state index in [1.54, 1.807) is 0 Å². The predicted octanol–water partition coefficient (Wildman–Crippen LogP) is 1.36. The lowest BCUT2D eigenvalue weighted by Crippen LogP contribution is -2.52. The average molecular weight is 365 g/mol. The molecule has 3 heterocycles. The Balaban J connectivity index is 1.45. The van der Waals surface area contributed by atoms with E-state index >= 15 is 0 Å². The number of amides is 2. The maximum atomic E-state index is 12.9. The van der Waals surface area contributed by atoms with E-state index in [9.17, 15) is 9.59 Å². The Hall–Kier alpha value is -1.14. The van der Waals surface area contributed by atoms with Gasteiger partial charge in [0.05, 0.1) is 12.1 Å². The largest absolute Gasteiger partial charge is 0.354 e. The number of piperidine rings is 1. The molecule has 0 radical (unpaired) electrons. The molecule has 6 nitrogen and oxygen atoms in total. The summed E-state index contributed by atoms with van der Waals surface area (Å²) < 4.78 is 0. The van der Waals surface area contributed by atoms with Gasteiger partial charge in [0.25, 0.3) is 0 Å². The number of nitrogens with one attached hydrogen (secondary N) is 2. The molecule has 0 aromatic heterocycles. The molecule has 3 saturated heterocycles. The molecule has 0 bridgehead atoms. The van der Waals surface area contributed by atoms with Crippen LogP contribution in [-0.4, -0.2) is 73.0 Å². The normalized spacial score (nSPS) is 29.2. The number of hydrogen-bond acceptors (Lipinski definition) is 4. The van der Waals surface area contributed by atoms with Crippen LogP contribution in [0.2, 0.25) is 0 Å². The summed E-state index contributed by atoms with van der Waals surface area (Å²) in [6, 6.07) is -0.0404. The molecule has 6 heteroatoms. The van der Waals surface area contributed by atoms with Crippen LogP contribution in [0.4, 0.5) is 0 Å². The summed E-state index contributed by atoms with van der Waals surface area (Å²) in [5, 5.41) is 6.39. The fraction of sp³-hybridized carbons (Fsp3) is 0.900. The highest BCUT2D eigenvalue weighted by Crippen LogP contribution is 2.20. The molecule has 3 unspecified atom stereocenters. The van der Waals surface area contributed by atoms with Crippen LogP contribution >= 0.6 is 0 Å².